The Balaban J connectivity index is 1.51. The molecule has 3 rings (SSSR count). The molecule has 1 aliphatic heterocycles. The molecule has 0 radical (unpaired) electrons. The summed E-state index contributed by atoms with van der Waals surface area (Å²) >= 11 is 0. The van der Waals surface area contributed by atoms with E-state index in [1.807, 2.05) is 18.2 Å². The van der Waals surface area contributed by atoms with Gasteiger partial charge in [-0.3, -0.25) is 4.79 Å². The van der Waals surface area contributed by atoms with Gasteiger partial charge in [-0.2, -0.15) is 0 Å². The third kappa shape index (κ3) is 4.39. The fourth-order valence-corrected chi connectivity index (χ4v) is 2.50. The first kappa shape index (κ1) is 18.8. The van der Waals surface area contributed by atoms with E-state index in [-0.39, 0.29) is 19.0 Å². The monoisotopic (exact) mass is 378 g/mol. The number of ether oxygens (including phenoxy) is 3. The van der Waals surface area contributed by atoms with Gasteiger partial charge in [0.15, 0.2) is 6.23 Å². The average Bonchev–Trinajstić information content (AvgIpc) is 3.26. The van der Waals surface area contributed by atoms with E-state index in [4.69, 9.17) is 19.9 Å². The van der Waals surface area contributed by atoms with Crippen molar-refractivity contribution in [1.29, 1.82) is 0 Å². The predicted octanol–water partition coefficient (Wildman–Crippen LogP) is -0.650. The topological polar surface area (TPSA) is 159 Å². The normalized spacial score (nSPS) is 24.5. The molecule has 0 saturated carbocycles. The molecule has 2 aromatic rings. The molecule has 1 amide bonds. The second kappa shape index (κ2) is 8.12. The number of benzene rings is 1. The first-order chi connectivity index (χ1) is 13.0. The smallest absolute Gasteiger partial charge is 0.431 e. The average molecular weight is 378 g/mol. The lowest BCUT2D eigenvalue weighted by molar-refractivity contribution is -0.0678. The Labute approximate surface area is 153 Å². The van der Waals surface area contributed by atoms with Gasteiger partial charge in [-0.15, -0.1) is 5.10 Å². The number of nitrogens with zero attached hydrogens (tertiary/aromatic N) is 3. The fourth-order valence-electron chi connectivity index (χ4n) is 2.50. The molecule has 1 saturated heterocycles. The summed E-state index contributed by atoms with van der Waals surface area (Å²) in [6.45, 7) is -0.312. The van der Waals surface area contributed by atoms with Gasteiger partial charge in [-0.1, -0.05) is 30.3 Å². The van der Waals surface area contributed by atoms with Crippen LogP contribution in [0.1, 0.15) is 22.4 Å². The maximum atomic E-state index is 11.7. The van der Waals surface area contributed by atoms with Crippen molar-refractivity contribution < 1.29 is 34.0 Å². The molecule has 4 atom stereocenters. The Morgan fingerprint density at radius 2 is 1.93 bits per heavy atom. The molecule has 1 aliphatic rings. The molecule has 0 spiro atoms. The van der Waals surface area contributed by atoms with Crippen molar-refractivity contribution in [3.63, 3.8) is 0 Å². The molecule has 27 heavy (non-hydrogen) atoms. The number of aromatic nitrogens is 3. The van der Waals surface area contributed by atoms with E-state index >= 15 is 0 Å². The van der Waals surface area contributed by atoms with Crippen LogP contribution in [-0.4, -0.2) is 62.0 Å². The summed E-state index contributed by atoms with van der Waals surface area (Å²) in [4.78, 5) is 26.4. The molecular formula is C16H18N4O7. The van der Waals surface area contributed by atoms with Crippen molar-refractivity contribution in [2.24, 2.45) is 5.73 Å². The summed E-state index contributed by atoms with van der Waals surface area (Å²) in [5, 5.41) is 23.9. The number of hydrogen-bond acceptors (Lipinski definition) is 9. The lowest BCUT2D eigenvalue weighted by atomic mass is 10.1. The maximum absolute atomic E-state index is 11.7. The zero-order chi connectivity index (χ0) is 19.4. The molecule has 11 nitrogen and oxygen atoms in total. The van der Waals surface area contributed by atoms with Gasteiger partial charge in [0.05, 0.1) is 0 Å². The van der Waals surface area contributed by atoms with E-state index < -0.39 is 36.6 Å². The van der Waals surface area contributed by atoms with E-state index in [0.29, 0.717) is 0 Å². The number of amides is 1. The molecular weight excluding hydrogens is 360 g/mol. The summed E-state index contributed by atoms with van der Waals surface area (Å²) in [6.07, 6.45) is -4.66. The third-order valence-corrected chi connectivity index (χ3v) is 3.89. The summed E-state index contributed by atoms with van der Waals surface area (Å²) in [7, 11) is 0. The van der Waals surface area contributed by atoms with Crippen LogP contribution < -0.4 is 5.73 Å². The number of carbonyl (C=O) groups excluding carboxylic acids is 2. The maximum Gasteiger partial charge on any atom is 0.508 e. The Morgan fingerprint density at radius 1 is 1.19 bits per heavy atom. The number of carbonyl (C=O) groups is 2. The number of hydrogen-bond donors (Lipinski definition) is 3. The summed E-state index contributed by atoms with van der Waals surface area (Å²) < 4.78 is 16.4. The fraction of sp³-hybridized carbons (Fsp3) is 0.375. The predicted molar refractivity (Wildman–Crippen MR) is 87.0 cm³/mol. The minimum atomic E-state index is -1.37. The molecule has 1 aromatic heterocycles. The van der Waals surface area contributed by atoms with Crippen LogP contribution in [0.25, 0.3) is 0 Å². The van der Waals surface area contributed by atoms with E-state index in [9.17, 15) is 19.8 Å². The molecule has 4 N–H and O–H groups in total. The number of primary amides is 1. The number of rotatable bonds is 6. The van der Waals surface area contributed by atoms with E-state index in [0.717, 1.165) is 16.6 Å². The molecule has 0 bridgehead atoms. The lowest BCUT2D eigenvalue weighted by Gasteiger charge is -2.14. The first-order valence-corrected chi connectivity index (χ1v) is 8.01. The van der Waals surface area contributed by atoms with Gasteiger partial charge in [0, 0.05) is 0 Å². The largest absolute Gasteiger partial charge is 0.508 e. The Bertz CT molecular complexity index is 797. The molecule has 144 valence electrons. The van der Waals surface area contributed by atoms with Gasteiger partial charge in [0.2, 0.25) is 5.82 Å². The van der Waals surface area contributed by atoms with Crippen LogP contribution >= 0.6 is 0 Å². The SMILES string of the molecule is NC(=O)c1ncn([C@@H]2O[C@H](COC(=O)OCc3ccccc3)[C@@H](O)[C@H]2O)n1. The van der Waals surface area contributed by atoms with Crippen molar-refractivity contribution in [2.45, 2.75) is 31.1 Å². The summed E-state index contributed by atoms with van der Waals surface area (Å²) in [5.41, 5.74) is 5.86. The van der Waals surface area contributed by atoms with E-state index in [1.165, 1.54) is 0 Å². The van der Waals surface area contributed by atoms with Gasteiger partial charge in [0.25, 0.3) is 5.91 Å². The highest BCUT2D eigenvalue weighted by Crippen LogP contribution is 2.29. The van der Waals surface area contributed by atoms with Crippen LogP contribution in [0.4, 0.5) is 4.79 Å². The second-order valence-electron chi connectivity index (χ2n) is 5.79. The lowest BCUT2D eigenvalue weighted by Crippen LogP contribution is -2.34. The summed E-state index contributed by atoms with van der Waals surface area (Å²) in [6, 6.07) is 9.03. The third-order valence-electron chi connectivity index (χ3n) is 3.89. The summed E-state index contributed by atoms with van der Waals surface area (Å²) in [5.74, 6) is -1.10. The Kier molecular flexibility index (Phi) is 5.64. The van der Waals surface area contributed by atoms with Gasteiger partial charge < -0.3 is 30.2 Å². The molecule has 0 unspecified atom stereocenters. The van der Waals surface area contributed by atoms with Crippen molar-refractivity contribution in [1.82, 2.24) is 14.8 Å². The molecule has 2 heterocycles. The number of aliphatic hydroxyl groups excluding tert-OH is 2. The molecule has 0 aliphatic carbocycles. The molecule has 1 aromatic carbocycles. The van der Waals surface area contributed by atoms with Gasteiger partial charge in [-0.25, -0.2) is 14.5 Å². The highest BCUT2D eigenvalue weighted by atomic mass is 16.7. The minimum absolute atomic E-state index is 0.0356. The quantitative estimate of drug-likeness (QED) is 0.555. The van der Waals surface area contributed by atoms with Crippen LogP contribution in [-0.2, 0) is 20.8 Å². The zero-order valence-corrected chi connectivity index (χ0v) is 14.0. The zero-order valence-electron chi connectivity index (χ0n) is 14.0. The Morgan fingerprint density at radius 3 is 2.59 bits per heavy atom. The van der Waals surface area contributed by atoms with Crippen molar-refractivity contribution in [2.75, 3.05) is 6.61 Å². The van der Waals surface area contributed by atoms with E-state index in [1.54, 1.807) is 12.1 Å². The number of aliphatic hydroxyl groups is 2. The van der Waals surface area contributed by atoms with Gasteiger partial charge >= 0.3 is 6.16 Å². The van der Waals surface area contributed by atoms with Crippen molar-refractivity contribution in [3.05, 3.63) is 48.0 Å². The first-order valence-electron chi connectivity index (χ1n) is 8.01. The second-order valence-corrected chi connectivity index (χ2v) is 5.79. The van der Waals surface area contributed by atoms with Gasteiger partial charge in [0.1, 0.15) is 37.9 Å². The van der Waals surface area contributed by atoms with Crippen LogP contribution in [0.2, 0.25) is 0 Å². The Hall–Kier alpha value is -3.02. The van der Waals surface area contributed by atoms with Crippen LogP contribution in [0.15, 0.2) is 36.7 Å². The van der Waals surface area contributed by atoms with Crippen LogP contribution in [0, 0.1) is 0 Å². The van der Waals surface area contributed by atoms with Crippen molar-refractivity contribution in [3.8, 4) is 0 Å². The number of nitrogens with two attached hydrogens (primary N) is 1. The highest BCUT2D eigenvalue weighted by molar-refractivity contribution is 5.88. The highest BCUT2D eigenvalue weighted by Gasteiger charge is 2.45. The molecule has 11 heteroatoms. The standard InChI is InChI=1S/C16H18N4O7/c17-13(23)14-18-8-20(19-14)15-12(22)11(21)10(27-15)7-26-16(24)25-6-9-4-2-1-3-5-9/h1-5,8,10-12,15,21-22H,6-7H2,(H2,17,23)/t10-,11-,12-,15-/m1/s1. The van der Waals surface area contributed by atoms with E-state index in [2.05, 4.69) is 10.1 Å². The van der Waals surface area contributed by atoms with Crippen molar-refractivity contribution >= 4 is 12.1 Å². The minimum Gasteiger partial charge on any atom is -0.431 e. The van der Waals surface area contributed by atoms with Crippen LogP contribution in [0.3, 0.4) is 0 Å². The molecule has 1 fully saturated rings. The van der Waals surface area contributed by atoms with Gasteiger partial charge in [-0.05, 0) is 5.56 Å². The van der Waals surface area contributed by atoms with Crippen LogP contribution in [0.5, 0.6) is 0 Å².